The van der Waals surface area contributed by atoms with Crippen LogP contribution in [0.3, 0.4) is 0 Å². The van der Waals surface area contributed by atoms with Crippen LogP contribution in [0.1, 0.15) is 10.4 Å². The second-order valence-corrected chi connectivity index (χ2v) is 1.82. The molecule has 1 aromatic rings. The minimum absolute atomic E-state index is 0. The van der Waals surface area contributed by atoms with Gasteiger partial charge in [-0.15, -0.1) is 0 Å². The third-order valence-corrected chi connectivity index (χ3v) is 1.13. The molecular weight excluding hydrogens is 199 g/mol. The molecule has 1 aromatic carbocycles. The van der Waals surface area contributed by atoms with Crippen LogP contribution in [-0.4, -0.2) is 23.3 Å². The fourth-order valence-electron chi connectivity index (χ4n) is 0.654. The molecule has 1 rings (SSSR count). The van der Waals surface area contributed by atoms with E-state index in [1.807, 2.05) is 0 Å². The summed E-state index contributed by atoms with van der Waals surface area (Å²) in [6, 6.07) is 5.81. The number of rotatable bonds is 1. The minimum Gasteiger partial charge on any atom is -0.857 e. The molecule has 0 saturated carbocycles. The predicted octanol–water partition coefficient (Wildman–Crippen LogP) is -2.93. The van der Waals surface area contributed by atoms with Gasteiger partial charge in [0.1, 0.15) is 11.3 Å². The third-order valence-electron chi connectivity index (χ3n) is 1.13. The molecule has 0 unspecified atom stereocenters. The van der Waals surface area contributed by atoms with Crippen molar-refractivity contribution in [1.82, 2.24) is 0 Å². The first-order valence-electron chi connectivity index (χ1n) is 3.14. The van der Waals surface area contributed by atoms with Crippen molar-refractivity contribution in [1.29, 1.82) is 0 Å². The molecule has 0 aliphatic rings. The SMILES string of the molecule is C[O-].O=C(O)c1ccccc1O.[K+]. The molecule has 13 heavy (non-hydrogen) atoms. The van der Waals surface area contributed by atoms with Gasteiger partial charge in [-0.1, -0.05) is 12.1 Å². The van der Waals surface area contributed by atoms with E-state index in [0.717, 1.165) is 7.11 Å². The van der Waals surface area contributed by atoms with Gasteiger partial charge in [0.05, 0.1) is 0 Å². The quantitative estimate of drug-likeness (QED) is 0.484. The standard InChI is InChI=1S/C7H6O3.CH3O.K/c8-6-4-2-1-3-5(6)7(9)10;1-2;/h1-4,8H,(H,9,10);1H3;/q;-1;+1. The van der Waals surface area contributed by atoms with Crippen LogP contribution in [0.15, 0.2) is 24.3 Å². The van der Waals surface area contributed by atoms with E-state index in [-0.39, 0.29) is 62.7 Å². The monoisotopic (exact) mass is 208 g/mol. The van der Waals surface area contributed by atoms with Crippen molar-refractivity contribution in [3.05, 3.63) is 29.8 Å². The van der Waals surface area contributed by atoms with Crippen molar-refractivity contribution < 1.29 is 71.5 Å². The second kappa shape index (κ2) is 8.67. The average Bonchev–Trinajstić information content (AvgIpc) is 2.08. The Balaban J connectivity index is 0. The molecule has 0 saturated heterocycles. The molecule has 66 valence electrons. The van der Waals surface area contributed by atoms with Crippen LogP contribution in [0, 0.1) is 0 Å². The number of para-hydroxylation sites is 1. The first-order valence-corrected chi connectivity index (χ1v) is 3.14. The van der Waals surface area contributed by atoms with Gasteiger partial charge in [-0.25, -0.2) is 4.79 Å². The Bertz CT molecular complexity index is 262. The molecule has 0 aliphatic heterocycles. The van der Waals surface area contributed by atoms with E-state index in [4.69, 9.17) is 15.3 Å². The van der Waals surface area contributed by atoms with Gasteiger partial charge in [-0.2, -0.15) is 7.11 Å². The van der Waals surface area contributed by atoms with Crippen molar-refractivity contribution in [3.8, 4) is 5.75 Å². The Hall–Kier alpha value is 0.0864. The average molecular weight is 208 g/mol. The first kappa shape index (κ1) is 15.6. The largest absolute Gasteiger partial charge is 1.00 e. The van der Waals surface area contributed by atoms with E-state index in [9.17, 15) is 4.79 Å². The minimum atomic E-state index is -1.11. The maximum absolute atomic E-state index is 10.3. The van der Waals surface area contributed by atoms with Gasteiger partial charge in [0, 0.05) is 0 Å². The number of carboxylic acid groups (broad SMARTS) is 1. The van der Waals surface area contributed by atoms with Crippen molar-refractivity contribution in [2.24, 2.45) is 0 Å². The molecule has 0 atom stereocenters. The Morgan fingerprint density at radius 2 is 1.77 bits per heavy atom. The summed E-state index contributed by atoms with van der Waals surface area (Å²) >= 11 is 0. The smallest absolute Gasteiger partial charge is 0.857 e. The van der Waals surface area contributed by atoms with Crippen LogP contribution in [0.4, 0.5) is 0 Å². The van der Waals surface area contributed by atoms with Crippen LogP contribution in [0.2, 0.25) is 0 Å². The Morgan fingerprint density at radius 1 is 1.31 bits per heavy atom. The number of phenols is 1. The number of hydrogen-bond donors (Lipinski definition) is 2. The molecule has 0 spiro atoms. The summed E-state index contributed by atoms with van der Waals surface area (Å²) in [7, 11) is 0.750. The van der Waals surface area contributed by atoms with E-state index >= 15 is 0 Å². The molecule has 0 amide bonds. The van der Waals surface area contributed by atoms with Crippen molar-refractivity contribution in [2.45, 2.75) is 0 Å². The Morgan fingerprint density at radius 3 is 2.08 bits per heavy atom. The normalized spacial score (nSPS) is 7.54. The third kappa shape index (κ3) is 5.40. The zero-order valence-corrected chi connectivity index (χ0v) is 10.6. The number of hydrogen-bond acceptors (Lipinski definition) is 3. The summed E-state index contributed by atoms with van der Waals surface area (Å²) in [4.78, 5) is 10.3. The van der Waals surface area contributed by atoms with Crippen molar-refractivity contribution in [2.75, 3.05) is 7.11 Å². The molecular formula is C8H9KO4. The van der Waals surface area contributed by atoms with Crippen LogP contribution in [-0.2, 0) is 0 Å². The summed E-state index contributed by atoms with van der Waals surface area (Å²) < 4.78 is 0. The molecule has 0 bridgehead atoms. The molecule has 4 nitrogen and oxygen atoms in total. The molecule has 0 heterocycles. The zero-order chi connectivity index (χ0) is 9.56. The Kier molecular flexibility index (Phi) is 10.4. The molecule has 0 radical (unpaired) electrons. The number of benzene rings is 1. The van der Waals surface area contributed by atoms with Crippen molar-refractivity contribution >= 4 is 5.97 Å². The molecule has 5 heteroatoms. The van der Waals surface area contributed by atoms with E-state index in [0.29, 0.717) is 0 Å². The van der Waals surface area contributed by atoms with Crippen LogP contribution >= 0.6 is 0 Å². The first-order chi connectivity index (χ1) is 5.72. The fourth-order valence-corrected chi connectivity index (χ4v) is 0.654. The molecule has 0 aromatic heterocycles. The molecule has 0 fully saturated rings. The molecule has 0 aliphatic carbocycles. The van der Waals surface area contributed by atoms with Crippen LogP contribution in [0.25, 0.3) is 0 Å². The predicted molar refractivity (Wildman–Crippen MR) is 41.0 cm³/mol. The number of aromatic hydroxyl groups is 1. The van der Waals surface area contributed by atoms with Gasteiger partial charge in [0.2, 0.25) is 0 Å². The van der Waals surface area contributed by atoms with Gasteiger partial charge in [0.25, 0.3) is 0 Å². The van der Waals surface area contributed by atoms with E-state index < -0.39 is 5.97 Å². The van der Waals surface area contributed by atoms with Crippen LogP contribution < -0.4 is 56.5 Å². The van der Waals surface area contributed by atoms with Gasteiger partial charge in [-0.3, -0.25) is 0 Å². The second-order valence-electron chi connectivity index (χ2n) is 1.82. The number of carbonyl (C=O) groups is 1. The van der Waals surface area contributed by atoms with Gasteiger partial charge in [-0.05, 0) is 12.1 Å². The summed E-state index contributed by atoms with van der Waals surface area (Å²) in [6.07, 6.45) is 0. The summed E-state index contributed by atoms with van der Waals surface area (Å²) in [5.74, 6) is -1.31. The van der Waals surface area contributed by atoms with Gasteiger partial charge < -0.3 is 15.3 Å². The van der Waals surface area contributed by atoms with E-state index in [1.54, 1.807) is 12.1 Å². The summed E-state index contributed by atoms with van der Waals surface area (Å²) in [5, 5.41) is 25.6. The summed E-state index contributed by atoms with van der Waals surface area (Å²) in [5.41, 5.74) is -0.0671. The van der Waals surface area contributed by atoms with Gasteiger partial charge in [0.15, 0.2) is 0 Å². The van der Waals surface area contributed by atoms with Gasteiger partial charge >= 0.3 is 57.4 Å². The number of aromatic carboxylic acids is 1. The number of carboxylic acids is 1. The fraction of sp³-hybridized carbons (Fsp3) is 0.125. The summed E-state index contributed by atoms with van der Waals surface area (Å²) in [6.45, 7) is 0. The van der Waals surface area contributed by atoms with Crippen LogP contribution in [0.5, 0.6) is 5.75 Å². The van der Waals surface area contributed by atoms with E-state index in [2.05, 4.69) is 0 Å². The molecule has 2 N–H and O–H groups in total. The maximum atomic E-state index is 10.3. The topological polar surface area (TPSA) is 80.6 Å². The van der Waals surface area contributed by atoms with Crippen molar-refractivity contribution in [3.63, 3.8) is 0 Å². The Labute approximate surface area is 119 Å². The zero-order valence-electron chi connectivity index (χ0n) is 7.52. The maximum Gasteiger partial charge on any atom is 1.00 e. The van der Waals surface area contributed by atoms with E-state index in [1.165, 1.54) is 12.1 Å².